The van der Waals surface area contributed by atoms with Crippen LogP contribution in [0.1, 0.15) is 63.6 Å². The van der Waals surface area contributed by atoms with Crippen LogP contribution in [0.25, 0.3) is 0 Å². The number of hydrogen-bond donors (Lipinski definition) is 3. The van der Waals surface area contributed by atoms with E-state index in [0.717, 1.165) is 69.3 Å². The summed E-state index contributed by atoms with van der Waals surface area (Å²) in [6, 6.07) is 0.153. The fraction of sp³-hybridized carbons (Fsp3) is 0.824. The molecule has 0 saturated heterocycles. The van der Waals surface area contributed by atoms with Crippen LogP contribution in [-0.4, -0.2) is 45.5 Å². The zero-order chi connectivity index (χ0) is 17.4. The third kappa shape index (κ3) is 5.19. The van der Waals surface area contributed by atoms with Crippen LogP contribution < -0.4 is 10.6 Å². The van der Waals surface area contributed by atoms with Gasteiger partial charge in [-0.05, 0) is 45.4 Å². The van der Waals surface area contributed by atoms with Crippen LogP contribution in [0, 0.1) is 12.8 Å². The molecule has 0 spiro atoms. The molecule has 1 aromatic heterocycles. The second-order valence-corrected chi connectivity index (χ2v) is 6.47. The zero-order valence-electron chi connectivity index (χ0n) is 15.3. The Bertz CT molecular complexity index is 521. The van der Waals surface area contributed by atoms with E-state index < -0.39 is 0 Å². The molecule has 7 heteroatoms. The number of guanidine groups is 1. The SMILES string of the molecule is CCCC(CCO)CN=C(NCC)NC1CCCn2nc(C)nc21. The van der Waals surface area contributed by atoms with Gasteiger partial charge in [0.05, 0.1) is 6.04 Å². The first kappa shape index (κ1) is 18.7. The molecule has 0 fully saturated rings. The van der Waals surface area contributed by atoms with E-state index in [1.54, 1.807) is 0 Å². The van der Waals surface area contributed by atoms with Crippen molar-refractivity contribution >= 4 is 5.96 Å². The molecule has 1 aliphatic rings. The molecule has 1 aromatic rings. The van der Waals surface area contributed by atoms with Gasteiger partial charge < -0.3 is 15.7 Å². The van der Waals surface area contributed by atoms with Crippen molar-refractivity contribution in [3.63, 3.8) is 0 Å². The Morgan fingerprint density at radius 3 is 2.96 bits per heavy atom. The summed E-state index contributed by atoms with van der Waals surface area (Å²) in [5.41, 5.74) is 0. The summed E-state index contributed by atoms with van der Waals surface area (Å²) in [6.45, 7) is 8.92. The van der Waals surface area contributed by atoms with Crippen molar-refractivity contribution in [3.8, 4) is 0 Å². The minimum atomic E-state index is 0.153. The molecule has 0 bridgehead atoms. The van der Waals surface area contributed by atoms with Crippen molar-refractivity contribution in [3.05, 3.63) is 11.6 Å². The lowest BCUT2D eigenvalue weighted by molar-refractivity contribution is 0.253. The minimum Gasteiger partial charge on any atom is -0.396 e. The summed E-state index contributed by atoms with van der Waals surface area (Å²) >= 11 is 0. The molecular formula is C17H32N6O. The number of hydrogen-bond acceptors (Lipinski definition) is 4. The lowest BCUT2D eigenvalue weighted by atomic mass is 10.0. The lowest BCUT2D eigenvalue weighted by Gasteiger charge is -2.25. The van der Waals surface area contributed by atoms with Gasteiger partial charge in [-0.1, -0.05) is 13.3 Å². The Morgan fingerprint density at radius 1 is 1.42 bits per heavy atom. The first-order chi connectivity index (χ1) is 11.7. The summed E-state index contributed by atoms with van der Waals surface area (Å²) in [5.74, 6) is 3.10. The number of nitrogens with one attached hydrogen (secondary N) is 2. The van der Waals surface area contributed by atoms with E-state index >= 15 is 0 Å². The molecule has 2 atom stereocenters. The topological polar surface area (TPSA) is 87.4 Å². The molecule has 2 unspecified atom stereocenters. The monoisotopic (exact) mass is 336 g/mol. The maximum atomic E-state index is 9.21. The number of nitrogens with zero attached hydrogens (tertiary/aromatic N) is 4. The second kappa shape index (κ2) is 9.61. The molecule has 0 amide bonds. The predicted molar refractivity (Wildman–Crippen MR) is 95.9 cm³/mol. The normalized spacial score (nSPS) is 19.0. The van der Waals surface area contributed by atoms with Crippen LogP contribution in [0.2, 0.25) is 0 Å². The second-order valence-electron chi connectivity index (χ2n) is 6.47. The summed E-state index contributed by atoms with van der Waals surface area (Å²) in [5, 5.41) is 20.5. The molecule has 2 rings (SSSR count). The van der Waals surface area contributed by atoms with E-state index in [4.69, 9.17) is 4.99 Å². The van der Waals surface area contributed by atoms with Crippen LogP contribution >= 0.6 is 0 Å². The highest BCUT2D eigenvalue weighted by atomic mass is 16.3. The Hall–Kier alpha value is -1.63. The highest BCUT2D eigenvalue weighted by molar-refractivity contribution is 5.80. The molecule has 3 N–H and O–H groups in total. The number of fused-ring (bicyclic) bond motifs is 1. The standard InChI is InChI=1S/C17H32N6O/c1-4-7-14(9-11-24)12-19-17(18-5-2)21-15-8-6-10-23-16(15)20-13(3)22-23/h14-15,24H,4-12H2,1-3H3,(H2,18,19,21). The third-order valence-electron chi connectivity index (χ3n) is 4.38. The van der Waals surface area contributed by atoms with Crippen LogP contribution in [0.15, 0.2) is 4.99 Å². The molecule has 0 aliphatic carbocycles. The van der Waals surface area contributed by atoms with Gasteiger partial charge in [0.2, 0.25) is 0 Å². The fourth-order valence-corrected chi connectivity index (χ4v) is 3.23. The Balaban J connectivity index is 2.04. The average Bonchev–Trinajstić information content (AvgIpc) is 2.94. The highest BCUT2D eigenvalue weighted by Crippen LogP contribution is 2.22. The number of aliphatic hydroxyl groups excluding tert-OH is 1. The van der Waals surface area contributed by atoms with Crippen molar-refractivity contribution in [2.75, 3.05) is 19.7 Å². The van der Waals surface area contributed by atoms with Crippen molar-refractivity contribution in [2.45, 2.75) is 65.5 Å². The Labute approximate surface area is 145 Å². The summed E-state index contributed by atoms with van der Waals surface area (Å²) < 4.78 is 2.01. The van der Waals surface area contributed by atoms with Crippen LogP contribution in [0.3, 0.4) is 0 Å². The van der Waals surface area contributed by atoms with E-state index in [9.17, 15) is 5.11 Å². The van der Waals surface area contributed by atoms with Crippen molar-refractivity contribution < 1.29 is 5.11 Å². The van der Waals surface area contributed by atoms with E-state index in [1.807, 2.05) is 11.6 Å². The summed E-state index contributed by atoms with van der Waals surface area (Å²) in [7, 11) is 0. The minimum absolute atomic E-state index is 0.153. The highest BCUT2D eigenvalue weighted by Gasteiger charge is 2.24. The van der Waals surface area contributed by atoms with Crippen LogP contribution in [0.5, 0.6) is 0 Å². The van der Waals surface area contributed by atoms with Gasteiger partial charge in [0, 0.05) is 26.2 Å². The van der Waals surface area contributed by atoms with E-state index in [2.05, 4.69) is 34.6 Å². The van der Waals surface area contributed by atoms with Crippen molar-refractivity contribution in [2.24, 2.45) is 10.9 Å². The van der Waals surface area contributed by atoms with Gasteiger partial charge in [-0.15, -0.1) is 0 Å². The predicted octanol–water partition coefficient (Wildman–Crippen LogP) is 1.78. The van der Waals surface area contributed by atoms with Gasteiger partial charge in [-0.3, -0.25) is 4.99 Å². The molecule has 136 valence electrons. The van der Waals surface area contributed by atoms with Crippen molar-refractivity contribution in [1.82, 2.24) is 25.4 Å². The zero-order valence-corrected chi connectivity index (χ0v) is 15.3. The molecule has 1 aliphatic heterocycles. The number of aromatic nitrogens is 3. The van der Waals surface area contributed by atoms with Gasteiger partial charge in [0.25, 0.3) is 0 Å². The van der Waals surface area contributed by atoms with E-state index in [-0.39, 0.29) is 12.6 Å². The smallest absolute Gasteiger partial charge is 0.191 e. The molecule has 24 heavy (non-hydrogen) atoms. The van der Waals surface area contributed by atoms with Gasteiger partial charge >= 0.3 is 0 Å². The number of aryl methyl sites for hydroxylation is 2. The van der Waals surface area contributed by atoms with Gasteiger partial charge in [-0.2, -0.15) is 5.10 Å². The average molecular weight is 336 g/mol. The molecule has 7 nitrogen and oxygen atoms in total. The third-order valence-corrected chi connectivity index (χ3v) is 4.38. The summed E-state index contributed by atoms with van der Waals surface area (Å²) in [4.78, 5) is 9.32. The van der Waals surface area contributed by atoms with Gasteiger partial charge in [0.1, 0.15) is 11.6 Å². The molecule has 0 saturated carbocycles. The Morgan fingerprint density at radius 2 is 2.25 bits per heavy atom. The van der Waals surface area contributed by atoms with Crippen LogP contribution in [0.4, 0.5) is 0 Å². The molecule has 2 heterocycles. The first-order valence-corrected chi connectivity index (χ1v) is 9.24. The largest absolute Gasteiger partial charge is 0.396 e. The lowest BCUT2D eigenvalue weighted by Crippen LogP contribution is -2.41. The quantitative estimate of drug-likeness (QED) is 0.497. The molecule has 0 aromatic carbocycles. The number of aliphatic hydroxyl groups is 1. The first-order valence-electron chi connectivity index (χ1n) is 9.24. The van der Waals surface area contributed by atoms with E-state index in [1.165, 1.54) is 0 Å². The Kier molecular flexibility index (Phi) is 7.49. The van der Waals surface area contributed by atoms with Gasteiger partial charge in [0.15, 0.2) is 5.96 Å². The summed E-state index contributed by atoms with van der Waals surface area (Å²) in [6.07, 6.45) is 5.16. The van der Waals surface area contributed by atoms with Crippen molar-refractivity contribution in [1.29, 1.82) is 0 Å². The molecule has 0 radical (unpaired) electrons. The molecular weight excluding hydrogens is 304 g/mol. The van der Waals surface area contributed by atoms with Crippen LogP contribution in [-0.2, 0) is 6.54 Å². The van der Waals surface area contributed by atoms with Gasteiger partial charge in [-0.25, -0.2) is 9.67 Å². The number of aliphatic imine (C=N–C) groups is 1. The maximum absolute atomic E-state index is 9.21. The number of rotatable bonds is 8. The maximum Gasteiger partial charge on any atom is 0.191 e. The fourth-order valence-electron chi connectivity index (χ4n) is 3.23. The van der Waals surface area contributed by atoms with E-state index in [0.29, 0.717) is 5.92 Å².